The number of rotatable bonds is 8. The third-order valence-electron chi connectivity index (χ3n) is 6.50. The summed E-state index contributed by atoms with van der Waals surface area (Å²) in [5.41, 5.74) is 1.86. The van der Waals surface area contributed by atoms with Gasteiger partial charge in [0.25, 0.3) is 10.1 Å². The van der Waals surface area contributed by atoms with Crippen molar-refractivity contribution in [2.45, 2.75) is 11.8 Å². The lowest BCUT2D eigenvalue weighted by atomic mass is 10.1. The topological polar surface area (TPSA) is 160 Å². The van der Waals surface area contributed by atoms with Crippen LogP contribution in [0.25, 0.3) is 0 Å². The first-order valence-electron chi connectivity index (χ1n) is 13.4. The molecule has 0 aliphatic rings. The Hall–Kier alpha value is -4.90. The summed E-state index contributed by atoms with van der Waals surface area (Å²) in [6, 6.07) is 26.2. The second kappa shape index (κ2) is 15.9. The van der Waals surface area contributed by atoms with Gasteiger partial charge in [0.05, 0.1) is 55.6 Å². The first-order valence-corrected chi connectivity index (χ1v) is 16.1. The van der Waals surface area contributed by atoms with Crippen LogP contribution in [0.15, 0.2) is 95.9 Å². The minimum atomic E-state index is -4.55. The molecule has 4 aromatic rings. The summed E-state index contributed by atoms with van der Waals surface area (Å²) in [5.74, 6) is -2.39. The van der Waals surface area contributed by atoms with Crippen LogP contribution in [0.2, 0.25) is 0 Å². The lowest BCUT2D eigenvalue weighted by Gasteiger charge is -2.21. The Balaban J connectivity index is 0.000000277. The van der Waals surface area contributed by atoms with Crippen LogP contribution in [0.4, 0.5) is 0 Å². The molecule has 0 amide bonds. The number of hydrogen-bond acceptors (Lipinski definition) is 10. The van der Waals surface area contributed by atoms with E-state index in [4.69, 9.17) is 14.0 Å². The second-order valence-corrected chi connectivity index (χ2v) is 13.0. The first-order chi connectivity index (χ1) is 21.8. The zero-order valence-electron chi connectivity index (χ0n) is 25.5. The molecule has 1 N–H and O–H groups in total. The molecule has 4 rings (SSSR count). The highest BCUT2D eigenvalue weighted by Crippen LogP contribution is 2.34. The Morgan fingerprint density at radius 1 is 0.565 bits per heavy atom. The van der Waals surface area contributed by atoms with Gasteiger partial charge in [-0.05, 0) is 78.8 Å². The van der Waals surface area contributed by atoms with Crippen LogP contribution >= 0.6 is 7.92 Å². The molecule has 240 valence electrons. The molecule has 4 aromatic carbocycles. The molecule has 0 aromatic heterocycles. The van der Waals surface area contributed by atoms with Crippen LogP contribution in [0.3, 0.4) is 0 Å². The van der Waals surface area contributed by atoms with E-state index >= 15 is 0 Å². The van der Waals surface area contributed by atoms with Gasteiger partial charge in [0.15, 0.2) is 0 Å². The second-order valence-electron chi connectivity index (χ2n) is 9.40. The van der Waals surface area contributed by atoms with Gasteiger partial charge >= 0.3 is 23.9 Å². The van der Waals surface area contributed by atoms with Crippen molar-refractivity contribution in [1.29, 1.82) is 0 Å². The summed E-state index contributed by atoms with van der Waals surface area (Å²) in [5, 5.41) is 3.46. The van der Waals surface area contributed by atoms with Crippen molar-refractivity contribution in [1.82, 2.24) is 0 Å². The summed E-state index contributed by atoms with van der Waals surface area (Å²) < 4.78 is 49.3. The maximum atomic E-state index is 11.8. The van der Waals surface area contributed by atoms with Crippen molar-refractivity contribution in [3.63, 3.8) is 0 Å². The molecule has 0 aliphatic carbocycles. The SMILES string of the molecule is COC(=O)c1cc(C(=O)OC)cc(S(=O)(=O)O)c1.COC(=O)c1ccc(P(c2ccc(C(=O)OC)cc2)c2ccccc2C)cc1. The Bertz CT molecular complexity index is 1740. The quantitative estimate of drug-likeness (QED) is 0.126. The van der Waals surface area contributed by atoms with E-state index in [1.165, 1.54) is 25.1 Å². The van der Waals surface area contributed by atoms with Crippen molar-refractivity contribution >= 4 is 57.8 Å². The van der Waals surface area contributed by atoms with Crippen LogP contribution in [-0.4, -0.2) is 65.3 Å². The molecular weight excluding hydrogens is 635 g/mol. The number of methoxy groups -OCH3 is 4. The van der Waals surface area contributed by atoms with Gasteiger partial charge in [0.2, 0.25) is 0 Å². The van der Waals surface area contributed by atoms with Gasteiger partial charge in [-0.15, -0.1) is 0 Å². The molecule has 0 heterocycles. The third-order valence-corrected chi connectivity index (χ3v) is 9.94. The molecule has 0 radical (unpaired) electrons. The van der Waals surface area contributed by atoms with Crippen molar-refractivity contribution in [2.24, 2.45) is 0 Å². The number of hydrogen-bond donors (Lipinski definition) is 1. The van der Waals surface area contributed by atoms with Gasteiger partial charge in [0, 0.05) is 0 Å². The molecule has 46 heavy (non-hydrogen) atoms. The Labute approximate surface area is 267 Å². The summed E-state index contributed by atoms with van der Waals surface area (Å²) in [4.78, 5) is 45.5. The monoisotopic (exact) mass is 666 g/mol. The Kier molecular flexibility index (Phi) is 12.3. The van der Waals surface area contributed by atoms with Gasteiger partial charge < -0.3 is 18.9 Å². The van der Waals surface area contributed by atoms with Crippen LogP contribution in [0.5, 0.6) is 0 Å². The van der Waals surface area contributed by atoms with Crippen LogP contribution in [-0.2, 0) is 29.1 Å². The maximum absolute atomic E-state index is 11.8. The highest BCUT2D eigenvalue weighted by Gasteiger charge is 2.21. The number of esters is 4. The number of ether oxygens (including phenoxy) is 4. The van der Waals surface area contributed by atoms with E-state index in [-0.39, 0.29) is 23.1 Å². The number of aryl methyl sites for hydroxylation is 1. The van der Waals surface area contributed by atoms with Crippen LogP contribution < -0.4 is 15.9 Å². The standard InChI is InChI=1S/C23H21O4P.C10H10O7S/c1-16-6-4-5-7-21(16)28(19-12-8-17(9-13-19)22(24)26-2)20-14-10-18(11-15-20)23(25)27-3;1-16-9(11)6-3-7(10(12)17-2)5-8(4-6)18(13,14)15/h4-15H,1-3H3;3-5H,1-2H3,(H,13,14,15). The molecule has 0 unspecified atom stereocenters. The fraction of sp³-hybridized carbons (Fsp3) is 0.152. The minimum Gasteiger partial charge on any atom is -0.465 e. The highest BCUT2D eigenvalue weighted by molar-refractivity contribution is 7.85. The predicted molar refractivity (Wildman–Crippen MR) is 171 cm³/mol. The van der Waals surface area contributed by atoms with Crippen molar-refractivity contribution in [3.05, 3.63) is 119 Å². The largest absolute Gasteiger partial charge is 0.465 e. The molecule has 0 fully saturated rings. The molecule has 11 nitrogen and oxygen atoms in total. The molecule has 13 heteroatoms. The molecular formula is C33H31O11PS. The average Bonchev–Trinajstić information content (AvgIpc) is 3.08. The molecule has 0 spiro atoms. The minimum absolute atomic E-state index is 0.187. The molecule has 0 bridgehead atoms. The number of carbonyl (C=O) groups excluding carboxylic acids is 4. The smallest absolute Gasteiger partial charge is 0.337 e. The van der Waals surface area contributed by atoms with E-state index in [0.29, 0.717) is 11.1 Å². The van der Waals surface area contributed by atoms with Crippen LogP contribution in [0, 0.1) is 6.92 Å². The van der Waals surface area contributed by atoms with E-state index in [9.17, 15) is 27.6 Å². The highest BCUT2D eigenvalue weighted by atomic mass is 32.2. The average molecular weight is 667 g/mol. The first kappa shape index (κ1) is 35.6. The number of carbonyl (C=O) groups is 4. The van der Waals surface area contributed by atoms with E-state index in [0.717, 1.165) is 43.0 Å². The van der Waals surface area contributed by atoms with Gasteiger partial charge in [-0.3, -0.25) is 4.55 Å². The Morgan fingerprint density at radius 2 is 0.935 bits per heavy atom. The summed E-state index contributed by atoms with van der Waals surface area (Å²) in [6.45, 7) is 2.09. The molecule has 0 aliphatic heterocycles. The normalized spacial score (nSPS) is 10.7. The van der Waals surface area contributed by atoms with Gasteiger partial charge in [-0.1, -0.05) is 48.5 Å². The van der Waals surface area contributed by atoms with Gasteiger partial charge in [-0.2, -0.15) is 8.42 Å². The number of benzene rings is 4. The van der Waals surface area contributed by atoms with E-state index < -0.39 is 34.9 Å². The van der Waals surface area contributed by atoms with E-state index in [1.54, 1.807) is 24.3 Å². The molecule has 0 saturated heterocycles. The lowest BCUT2D eigenvalue weighted by molar-refractivity contribution is 0.0585. The fourth-order valence-corrected chi connectivity index (χ4v) is 7.15. The molecule has 0 saturated carbocycles. The van der Waals surface area contributed by atoms with Crippen LogP contribution in [0.1, 0.15) is 47.0 Å². The zero-order valence-corrected chi connectivity index (χ0v) is 27.3. The van der Waals surface area contributed by atoms with E-state index in [2.05, 4.69) is 28.5 Å². The van der Waals surface area contributed by atoms with Crippen molar-refractivity contribution in [3.8, 4) is 0 Å². The summed E-state index contributed by atoms with van der Waals surface area (Å²) >= 11 is 0. The fourth-order valence-electron chi connectivity index (χ4n) is 4.19. The van der Waals surface area contributed by atoms with Gasteiger partial charge in [-0.25, -0.2) is 19.2 Å². The summed E-state index contributed by atoms with van der Waals surface area (Å²) in [6.07, 6.45) is 0. The van der Waals surface area contributed by atoms with Gasteiger partial charge in [0.1, 0.15) is 0 Å². The zero-order chi connectivity index (χ0) is 34.0. The third kappa shape index (κ3) is 8.85. The maximum Gasteiger partial charge on any atom is 0.337 e. The van der Waals surface area contributed by atoms with Crippen molar-refractivity contribution in [2.75, 3.05) is 28.4 Å². The molecule has 0 atom stereocenters. The van der Waals surface area contributed by atoms with E-state index in [1.807, 2.05) is 36.4 Å². The predicted octanol–water partition coefficient (Wildman–Crippen LogP) is 3.83. The lowest BCUT2D eigenvalue weighted by Crippen LogP contribution is -2.23. The van der Waals surface area contributed by atoms with Crippen molar-refractivity contribution < 1.29 is 51.1 Å². The Morgan fingerprint density at radius 3 is 1.28 bits per heavy atom. The summed E-state index contributed by atoms with van der Waals surface area (Å²) in [7, 11) is -0.446.